The lowest BCUT2D eigenvalue weighted by Crippen LogP contribution is -2.18. The highest BCUT2D eigenvalue weighted by molar-refractivity contribution is 6.04. The Hall–Kier alpha value is -2.84. The van der Waals surface area contributed by atoms with Gasteiger partial charge in [-0.25, -0.2) is 9.97 Å². The van der Waals surface area contributed by atoms with E-state index in [1.807, 2.05) is 0 Å². The second-order valence-electron chi connectivity index (χ2n) is 3.99. The van der Waals surface area contributed by atoms with Gasteiger partial charge in [-0.15, -0.1) is 13.2 Å². The molecule has 0 saturated carbocycles. The average molecular weight is 313 g/mol. The second kappa shape index (κ2) is 6.29. The summed E-state index contributed by atoms with van der Waals surface area (Å²) in [7, 11) is 1.39. The maximum Gasteiger partial charge on any atom is 0.573 e. The maximum atomic E-state index is 12.1. The summed E-state index contributed by atoms with van der Waals surface area (Å²) in [5, 5.41) is 2.44. The molecule has 0 aliphatic carbocycles. The Labute approximate surface area is 122 Å². The largest absolute Gasteiger partial charge is 0.573 e. The van der Waals surface area contributed by atoms with Gasteiger partial charge < -0.3 is 14.8 Å². The molecule has 116 valence electrons. The lowest BCUT2D eigenvalue weighted by atomic mass is 10.2. The minimum atomic E-state index is -4.82. The molecule has 0 unspecified atom stereocenters. The van der Waals surface area contributed by atoms with Crippen molar-refractivity contribution in [3.63, 3.8) is 0 Å². The van der Waals surface area contributed by atoms with Gasteiger partial charge in [0, 0.05) is 5.56 Å². The van der Waals surface area contributed by atoms with Crippen LogP contribution in [0.3, 0.4) is 0 Å². The van der Waals surface area contributed by atoms with E-state index in [0.717, 1.165) is 12.1 Å². The molecule has 1 N–H and O–H groups in total. The highest BCUT2D eigenvalue weighted by Crippen LogP contribution is 2.23. The summed E-state index contributed by atoms with van der Waals surface area (Å²) < 4.78 is 44.9. The molecule has 0 aliphatic rings. The van der Waals surface area contributed by atoms with Gasteiger partial charge in [-0.3, -0.25) is 4.79 Å². The normalized spacial score (nSPS) is 10.9. The van der Waals surface area contributed by atoms with E-state index >= 15 is 0 Å². The predicted molar refractivity (Wildman–Crippen MR) is 69.7 cm³/mol. The van der Waals surface area contributed by atoms with Gasteiger partial charge in [0.05, 0.1) is 25.2 Å². The first-order valence-electron chi connectivity index (χ1n) is 5.90. The van der Waals surface area contributed by atoms with E-state index in [1.165, 1.54) is 31.6 Å². The SMILES string of the molecule is COc1ncc(NC(=O)c2cccc(OC(F)(F)F)c2)cn1. The van der Waals surface area contributed by atoms with Crippen LogP contribution in [0.1, 0.15) is 10.4 Å². The fraction of sp³-hybridized carbons (Fsp3) is 0.154. The fourth-order valence-electron chi connectivity index (χ4n) is 1.52. The molecule has 1 heterocycles. The summed E-state index contributed by atoms with van der Waals surface area (Å²) in [6.07, 6.45) is -2.21. The minimum Gasteiger partial charge on any atom is -0.467 e. The molecular formula is C13H10F3N3O3. The van der Waals surface area contributed by atoms with Crippen LogP contribution >= 0.6 is 0 Å². The lowest BCUT2D eigenvalue weighted by molar-refractivity contribution is -0.274. The maximum absolute atomic E-state index is 12.1. The van der Waals surface area contributed by atoms with Crippen molar-refractivity contribution in [1.29, 1.82) is 0 Å². The number of aromatic nitrogens is 2. The van der Waals surface area contributed by atoms with Gasteiger partial charge in [0.15, 0.2) is 0 Å². The lowest BCUT2D eigenvalue weighted by Gasteiger charge is -2.10. The molecule has 6 nitrogen and oxygen atoms in total. The zero-order chi connectivity index (χ0) is 16.2. The van der Waals surface area contributed by atoms with Crippen molar-refractivity contribution in [2.24, 2.45) is 0 Å². The smallest absolute Gasteiger partial charge is 0.467 e. The summed E-state index contributed by atoms with van der Waals surface area (Å²) in [5.41, 5.74) is 0.269. The van der Waals surface area contributed by atoms with Crippen LogP contribution < -0.4 is 14.8 Å². The number of carbonyl (C=O) groups is 1. The molecule has 22 heavy (non-hydrogen) atoms. The first kappa shape index (κ1) is 15.5. The van der Waals surface area contributed by atoms with E-state index in [-0.39, 0.29) is 17.3 Å². The first-order chi connectivity index (χ1) is 10.4. The number of carbonyl (C=O) groups excluding carboxylic acids is 1. The Balaban J connectivity index is 2.10. The van der Waals surface area contributed by atoms with Crippen molar-refractivity contribution in [2.75, 3.05) is 12.4 Å². The Morgan fingerprint density at radius 3 is 2.50 bits per heavy atom. The number of alkyl halides is 3. The zero-order valence-corrected chi connectivity index (χ0v) is 11.2. The first-order valence-corrected chi connectivity index (χ1v) is 5.90. The van der Waals surface area contributed by atoms with Crippen molar-refractivity contribution in [3.05, 3.63) is 42.2 Å². The van der Waals surface area contributed by atoms with E-state index in [9.17, 15) is 18.0 Å². The standard InChI is InChI=1S/C13H10F3N3O3/c1-21-12-17-6-9(7-18-12)19-11(20)8-3-2-4-10(5-8)22-13(14,15)16/h2-7H,1H3,(H,19,20). The molecular weight excluding hydrogens is 303 g/mol. The number of methoxy groups -OCH3 is 1. The highest BCUT2D eigenvalue weighted by Gasteiger charge is 2.31. The van der Waals surface area contributed by atoms with E-state index in [4.69, 9.17) is 4.74 Å². The number of hydrogen-bond acceptors (Lipinski definition) is 5. The van der Waals surface area contributed by atoms with E-state index in [1.54, 1.807) is 0 Å². The summed E-state index contributed by atoms with van der Waals surface area (Å²) >= 11 is 0. The van der Waals surface area contributed by atoms with E-state index in [2.05, 4.69) is 20.0 Å². The van der Waals surface area contributed by atoms with Gasteiger partial charge in [0.2, 0.25) is 0 Å². The second-order valence-corrected chi connectivity index (χ2v) is 3.99. The number of rotatable bonds is 4. The summed E-state index contributed by atoms with van der Waals surface area (Å²) in [6, 6.07) is 4.83. The molecule has 0 bridgehead atoms. The third-order valence-corrected chi connectivity index (χ3v) is 2.40. The average Bonchev–Trinajstić information content (AvgIpc) is 2.46. The number of halogens is 3. The number of amides is 1. The monoisotopic (exact) mass is 313 g/mol. The number of anilines is 1. The van der Waals surface area contributed by atoms with Crippen LogP contribution in [0.4, 0.5) is 18.9 Å². The molecule has 1 amide bonds. The molecule has 0 aliphatic heterocycles. The van der Waals surface area contributed by atoms with Crippen LogP contribution in [-0.4, -0.2) is 29.3 Å². The quantitative estimate of drug-likeness (QED) is 0.939. The molecule has 1 aromatic carbocycles. The Morgan fingerprint density at radius 1 is 1.23 bits per heavy atom. The van der Waals surface area contributed by atoms with Gasteiger partial charge in [0.1, 0.15) is 5.75 Å². The molecule has 1 aromatic heterocycles. The van der Waals surface area contributed by atoms with Gasteiger partial charge in [-0.2, -0.15) is 0 Å². The Bertz CT molecular complexity index is 660. The number of hydrogen-bond donors (Lipinski definition) is 1. The zero-order valence-electron chi connectivity index (χ0n) is 11.2. The molecule has 0 saturated heterocycles. The number of ether oxygens (including phenoxy) is 2. The molecule has 0 fully saturated rings. The molecule has 0 radical (unpaired) electrons. The van der Waals surface area contributed by atoms with Crippen molar-refractivity contribution in [2.45, 2.75) is 6.36 Å². The van der Waals surface area contributed by atoms with Crippen molar-refractivity contribution < 1.29 is 27.4 Å². The van der Waals surface area contributed by atoms with Gasteiger partial charge in [-0.1, -0.05) is 6.07 Å². The molecule has 2 rings (SSSR count). The van der Waals surface area contributed by atoms with Crippen LogP contribution in [0.5, 0.6) is 11.8 Å². The van der Waals surface area contributed by atoms with Crippen LogP contribution in [0.2, 0.25) is 0 Å². The van der Waals surface area contributed by atoms with E-state index < -0.39 is 18.0 Å². The van der Waals surface area contributed by atoms with Crippen LogP contribution in [0.15, 0.2) is 36.7 Å². The number of nitrogens with one attached hydrogen (secondary N) is 1. The highest BCUT2D eigenvalue weighted by atomic mass is 19.4. The topological polar surface area (TPSA) is 73.3 Å². The van der Waals surface area contributed by atoms with Crippen molar-refractivity contribution in [3.8, 4) is 11.8 Å². The van der Waals surface area contributed by atoms with Crippen molar-refractivity contribution in [1.82, 2.24) is 9.97 Å². The van der Waals surface area contributed by atoms with Gasteiger partial charge in [-0.05, 0) is 18.2 Å². The number of benzene rings is 1. The van der Waals surface area contributed by atoms with Gasteiger partial charge in [0.25, 0.3) is 5.91 Å². The van der Waals surface area contributed by atoms with E-state index in [0.29, 0.717) is 0 Å². The number of nitrogens with zero attached hydrogens (tertiary/aromatic N) is 2. The fourth-order valence-corrected chi connectivity index (χ4v) is 1.52. The third kappa shape index (κ3) is 4.33. The van der Waals surface area contributed by atoms with Crippen LogP contribution in [-0.2, 0) is 0 Å². The van der Waals surface area contributed by atoms with Gasteiger partial charge >= 0.3 is 12.4 Å². The molecule has 0 spiro atoms. The molecule has 0 atom stereocenters. The third-order valence-electron chi connectivity index (χ3n) is 2.40. The predicted octanol–water partition coefficient (Wildman–Crippen LogP) is 2.64. The van der Waals surface area contributed by atoms with Crippen LogP contribution in [0, 0.1) is 0 Å². The molecule has 9 heteroatoms. The van der Waals surface area contributed by atoms with Crippen molar-refractivity contribution >= 4 is 11.6 Å². The van der Waals surface area contributed by atoms with Crippen LogP contribution in [0.25, 0.3) is 0 Å². The summed E-state index contributed by atoms with van der Waals surface area (Å²) in [5.74, 6) is -1.10. The summed E-state index contributed by atoms with van der Waals surface area (Å²) in [6.45, 7) is 0. The molecule has 2 aromatic rings. The Kier molecular flexibility index (Phi) is 4.44. The minimum absolute atomic E-state index is 0.00225. The summed E-state index contributed by atoms with van der Waals surface area (Å²) in [4.78, 5) is 19.5. The Morgan fingerprint density at radius 2 is 1.91 bits per heavy atom.